The number of nitrogens with zero attached hydrogens (tertiary/aromatic N) is 1. The third-order valence-electron chi connectivity index (χ3n) is 2.37. The van der Waals surface area contributed by atoms with E-state index in [9.17, 15) is 10.1 Å². The Morgan fingerprint density at radius 3 is 2.83 bits per heavy atom. The fraction of sp³-hybridized carbons (Fsp3) is 0.500. The number of nitrogens with one attached hydrogen (secondary N) is 1. The van der Waals surface area contributed by atoms with Gasteiger partial charge in [-0.1, -0.05) is 13.3 Å². The fourth-order valence-corrected chi connectivity index (χ4v) is 1.46. The summed E-state index contributed by atoms with van der Waals surface area (Å²) in [6.45, 7) is 4.02. The maximum absolute atomic E-state index is 10.7. The van der Waals surface area contributed by atoms with E-state index >= 15 is 0 Å². The molecule has 0 atom stereocenters. The number of anilines is 2. The van der Waals surface area contributed by atoms with Crippen molar-refractivity contribution in [2.75, 3.05) is 30.8 Å². The molecule has 18 heavy (non-hydrogen) atoms. The van der Waals surface area contributed by atoms with Gasteiger partial charge in [-0.2, -0.15) is 0 Å². The lowest BCUT2D eigenvalue weighted by Gasteiger charge is -2.07. The zero-order chi connectivity index (χ0) is 13.4. The van der Waals surface area contributed by atoms with Crippen molar-refractivity contribution in [2.45, 2.75) is 19.8 Å². The summed E-state index contributed by atoms with van der Waals surface area (Å²) in [4.78, 5) is 10.2. The van der Waals surface area contributed by atoms with Crippen molar-refractivity contribution in [2.24, 2.45) is 0 Å². The molecule has 0 saturated carbocycles. The van der Waals surface area contributed by atoms with Crippen LogP contribution in [-0.2, 0) is 4.74 Å². The lowest BCUT2D eigenvalue weighted by molar-refractivity contribution is -0.384. The van der Waals surface area contributed by atoms with E-state index < -0.39 is 4.92 Å². The van der Waals surface area contributed by atoms with Gasteiger partial charge in [-0.05, 0) is 12.5 Å². The number of nitrogens with two attached hydrogens (primary N) is 1. The number of rotatable bonds is 8. The van der Waals surface area contributed by atoms with Crippen molar-refractivity contribution >= 4 is 17.1 Å². The molecule has 1 aromatic carbocycles. The number of hydrogen-bond acceptors (Lipinski definition) is 5. The Hall–Kier alpha value is -1.82. The number of nitrogen functional groups attached to an aromatic ring is 1. The first kappa shape index (κ1) is 14.2. The van der Waals surface area contributed by atoms with Gasteiger partial charge < -0.3 is 15.8 Å². The van der Waals surface area contributed by atoms with E-state index in [1.807, 2.05) is 0 Å². The highest BCUT2D eigenvalue weighted by Crippen LogP contribution is 2.21. The standard InChI is InChI=1S/C12H19N3O3/c1-2-3-5-18-6-4-14-11-7-10(13)8-12(9-11)15(16)17/h7-9,14H,2-6,13H2,1H3. The monoisotopic (exact) mass is 253 g/mol. The maximum atomic E-state index is 10.7. The smallest absolute Gasteiger partial charge is 0.273 e. The summed E-state index contributed by atoms with van der Waals surface area (Å²) in [7, 11) is 0. The number of nitro benzene ring substituents is 1. The number of benzene rings is 1. The molecule has 0 aromatic heterocycles. The molecule has 3 N–H and O–H groups in total. The van der Waals surface area contributed by atoms with Crippen LogP contribution in [0.4, 0.5) is 17.1 Å². The molecule has 1 rings (SSSR count). The minimum atomic E-state index is -0.459. The molecule has 0 aliphatic heterocycles. The first-order chi connectivity index (χ1) is 8.63. The van der Waals surface area contributed by atoms with Crippen LogP contribution in [0, 0.1) is 10.1 Å². The van der Waals surface area contributed by atoms with Gasteiger partial charge in [0.25, 0.3) is 5.69 Å². The van der Waals surface area contributed by atoms with Gasteiger partial charge >= 0.3 is 0 Å². The largest absolute Gasteiger partial charge is 0.398 e. The molecule has 0 aliphatic carbocycles. The summed E-state index contributed by atoms with van der Waals surface area (Å²) < 4.78 is 5.38. The van der Waals surface area contributed by atoms with Crippen LogP contribution in [0.25, 0.3) is 0 Å². The molecule has 0 aliphatic rings. The van der Waals surface area contributed by atoms with Gasteiger partial charge in [-0.3, -0.25) is 10.1 Å². The van der Waals surface area contributed by atoms with E-state index in [4.69, 9.17) is 10.5 Å². The molecule has 0 heterocycles. The molecule has 0 radical (unpaired) electrons. The molecule has 1 aromatic rings. The lowest BCUT2D eigenvalue weighted by atomic mass is 10.2. The van der Waals surface area contributed by atoms with E-state index in [0.29, 0.717) is 24.5 Å². The van der Waals surface area contributed by atoms with Crippen LogP contribution in [0.1, 0.15) is 19.8 Å². The number of ether oxygens (including phenoxy) is 1. The van der Waals surface area contributed by atoms with E-state index in [1.165, 1.54) is 12.1 Å². The van der Waals surface area contributed by atoms with Gasteiger partial charge in [-0.15, -0.1) is 0 Å². The van der Waals surface area contributed by atoms with Gasteiger partial charge in [0.05, 0.1) is 11.5 Å². The van der Waals surface area contributed by atoms with Crippen molar-refractivity contribution < 1.29 is 9.66 Å². The van der Waals surface area contributed by atoms with Crippen LogP contribution >= 0.6 is 0 Å². The second-order valence-electron chi connectivity index (χ2n) is 3.96. The predicted octanol–water partition coefficient (Wildman–Crippen LogP) is 2.41. The highest BCUT2D eigenvalue weighted by atomic mass is 16.6. The topological polar surface area (TPSA) is 90.4 Å². The summed E-state index contributed by atoms with van der Waals surface area (Å²) >= 11 is 0. The van der Waals surface area contributed by atoms with Crippen LogP contribution in [-0.4, -0.2) is 24.7 Å². The minimum Gasteiger partial charge on any atom is -0.398 e. The van der Waals surface area contributed by atoms with Gasteiger partial charge in [0.2, 0.25) is 0 Å². The first-order valence-electron chi connectivity index (χ1n) is 6.00. The predicted molar refractivity (Wildman–Crippen MR) is 71.7 cm³/mol. The average molecular weight is 253 g/mol. The molecule has 0 amide bonds. The van der Waals surface area contributed by atoms with E-state index in [0.717, 1.165) is 19.4 Å². The lowest BCUT2D eigenvalue weighted by Crippen LogP contribution is -2.10. The average Bonchev–Trinajstić information content (AvgIpc) is 2.33. The third-order valence-corrected chi connectivity index (χ3v) is 2.37. The van der Waals surface area contributed by atoms with E-state index in [1.54, 1.807) is 6.07 Å². The molecule has 0 bridgehead atoms. The SMILES string of the molecule is CCCCOCCNc1cc(N)cc([N+](=O)[O-])c1. The first-order valence-corrected chi connectivity index (χ1v) is 6.00. The highest BCUT2D eigenvalue weighted by molar-refractivity contribution is 5.61. The fourth-order valence-electron chi connectivity index (χ4n) is 1.46. The molecule has 0 unspecified atom stereocenters. The second-order valence-corrected chi connectivity index (χ2v) is 3.96. The molecule has 6 nitrogen and oxygen atoms in total. The summed E-state index contributed by atoms with van der Waals surface area (Å²) in [5.74, 6) is 0. The van der Waals surface area contributed by atoms with Crippen molar-refractivity contribution in [1.82, 2.24) is 0 Å². The quantitative estimate of drug-likeness (QED) is 0.321. The number of nitro groups is 1. The second kappa shape index (κ2) is 7.50. The van der Waals surface area contributed by atoms with Crippen LogP contribution in [0.15, 0.2) is 18.2 Å². The highest BCUT2D eigenvalue weighted by Gasteiger charge is 2.07. The van der Waals surface area contributed by atoms with E-state index in [2.05, 4.69) is 12.2 Å². The number of unbranched alkanes of at least 4 members (excludes halogenated alkanes) is 1. The van der Waals surface area contributed by atoms with Crippen molar-refractivity contribution in [1.29, 1.82) is 0 Å². The Balaban J connectivity index is 2.40. The van der Waals surface area contributed by atoms with Crippen molar-refractivity contribution in [3.63, 3.8) is 0 Å². The number of hydrogen-bond donors (Lipinski definition) is 2. The Morgan fingerprint density at radius 2 is 2.17 bits per heavy atom. The Bertz CT molecular complexity index is 396. The normalized spacial score (nSPS) is 10.3. The van der Waals surface area contributed by atoms with Crippen molar-refractivity contribution in [3.05, 3.63) is 28.3 Å². The molecular weight excluding hydrogens is 234 g/mol. The van der Waals surface area contributed by atoms with Gasteiger partial charge in [0.15, 0.2) is 0 Å². The van der Waals surface area contributed by atoms with Gasteiger partial charge in [0, 0.05) is 36.7 Å². The van der Waals surface area contributed by atoms with Gasteiger partial charge in [-0.25, -0.2) is 0 Å². The van der Waals surface area contributed by atoms with Crippen LogP contribution < -0.4 is 11.1 Å². The summed E-state index contributed by atoms with van der Waals surface area (Å²) in [6.07, 6.45) is 2.15. The Labute approximate surface area is 106 Å². The zero-order valence-corrected chi connectivity index (χ0v) is 10.5. The molecule has 0 fully saturated rings. The number of non-ortho nitro benzene ring substituents is 1. The Morgan fingerprint density at radius 1 is 1.39 bits per heavy atom. The molecule has 6 heteroatoms. The molecular formula is C12H19N3O3. The third kappa shape index (κ3) is 5.01. The maximum Gasteiger partial charge on any atom is 0.273 e. The summed E-state index contributed by atoms with van der Waals surface area (Å²) in [5.41, 5.74) is 6.59. The van der Waals surface area contributed by atoms with E-state index in [-0.39, 0.29) is 5.69 Å². The minimum absolute atomic E-state index is 0.00981. The van der Waals surface area contributed by atoms with Crippen LogP contribution in [0.2, 0.25) is 0 Å². The van der Waals surface area contributed by atoms with Crippen molar-refractivity contribution in [3.8, 4) is 0 Å². The van der Waals surface area contributed by atoms with Gasteiger partial charge in [0.1, 0.15) is 0 Å². The van der Waals surface area contributed by atoms with Crippen LogP contribution in [0.5, 0.6) is 0 Å². The summed E-state index contributed by atoms with van der Waals surface area (Å²) in [5, 5.41) is 13.7. The van der Waals surface area contributed by atoms with Crippen LogP contribution in [0.3, 0.4) is 0 Å². The Kier molecular flexibility index (Phi) is 5.93. The zero-order valence-electron chi connectivity index (χ0n) is 10.5. The molecule has 0 spiro atoms. The molecule has 0 saturated heterocycles. The summed E-state index contributed by atoms with van der Waals surface area (Å²) in [6, 6.07) is 4.46. The molecule has 100 valence electrons.